The molecule has 1 aliphatic carbocycles. The highest BCUT2D eigenvalue weighted by atomic mass is 32.2. The van der Waals surface area contributed by atoms with Gasteiger partial charge in [0.2, 0.25) is 0 Å². The quantitative estimate of drug-likeness (QED) is 0.708. The maximum absolute atomic E-state index is 15.1. The summed E-state index contributed by atoms with van der Waals surface area (Å²) in [4.78, 5) is 11.8. The molecule has 0 bridgehead atoms. The highest BCUT2D eigenvalue weighted by molar-refractivity contribution is 7.89. The standard InChI is InChI=1S/C17H22FN3O4S/c1-9(2)5-6-19-11-4-3-10-7-13(22)14(15(18)12(10)8-11)16-17(23)21-26(24,25)20-16/h7,9,11,19,22H,3-6,8H2,1-2H3,(H,21,23)/t11-/m1/s1. The average Bonchev–Trinajstić information content (AvgIpc) is 2.80. The molecule has 1 amide bonds. The van der Waals surface area contributed by atoms with E-state index in [0.29, 0.717) is 29.9 Å². The number of nitrogens with zero attached hydrogens (tertiary/aromatic N) is 1. The molecule has 142 valence electrons. The summed E-state index contributed by atoms with van der Waals surface area (Å²) in [5.41, 5.74) is 0.00117. The fourth-order valence-electron chi connectivity index (χ4n) is 3.34. The Bertz CT molecular complexity index is 880. The number of aromatic hydroxyl groups is 1. The van der Waals surface area contributed by atoms with E-state index in [4.69, 9.17) is 0 Å². The predicted octanol–water partition coefficient (Wildman–Crippen LogP) is 1.19. The maximum Gasteiger partial charge on any atom is 0.345 e. The summed E-state index contributed by atoms with van der Waals surface area (Å²) in [6, 6.07) is 1.50. The Kier molecular flexibility index (Phi) is 5.03. The molecule has 1 aromatic carbocycles. The van der Waals surface area contributed by atoms with Gasteiger partial charge in [-0.05, 0) is 55.3 Å². The monoisotopic (exact) mass is 383 g/mol. The molecule has 2 aliphatic rings. The fourth-order valence-corrected chi connectivity index (χ4v) is 4.13. The summed E-state index contributed by atoms with van der Waals surface area (Å²) in [5.74, 6) is -1.72. The van der Waals surface area contributed by atoms with Gasteiger partial charge in [0.25, 0.3) is 5.91 Å². The number of rotatable bonds is 5. The van der Waals surface area contributed by atoms with Crippen LogP contribution in [0.2, 0.25) is 0 Å². The SMILES string of the molecule is CC(C)CCN[C@@H]1CCc2cc(O)c(C3=NS(=O)(=O)NC3=O)c(F)c2C1. The highest BCUT2D eigenvalue weighted by Gasteiger charge is 2.35. The van der Waals surface area contributed by atoms with Gasteiger partial charge in [0.15, 0.2) is 5.71 Å². The summed E-state index contributed by atoms with van der Waals surface area (Å²) in [6.45, 7) is 5.10. The molecule has 26 heavy (non-hydrogen) atoms. The van der Waals surface area contributed by atoms with Crippen LogP contribution in [-0.2, 0) is 27.8 Å². The van der Waals surface area contributed by atoms with Crippen molar-refractivity contribution in [1.29, 1.82) is 0 Å². The molecular formula is C17H22FN3O4S. The van der Waals surface area contributed by atoms with Crippen molar-refractivity contribution in [3.8, 4) is 5.75 Å². The number of carbonyl (C=O) groups is 1. The lowest BCUT2D eigenvalue weighted by Crippen LogP contribution is -2.36. The second kappa shape index (κ2) is 6.96. The van der Waals surface area contributed by atoms with Crippen molar-refractivity contribution in [1.82, 2.24) is 10.0 Å². The van der Waals surface area contributed by atoms with Gasteiger partial charge in [-0.25, -0.2) is 9.11 Å². The van der Waals surface area contributed by atoms with E-state index in [0.717, 1.165) is 19.4 Å². The lowest BCUT2D eigenvalue weighted by molar-refractivity contribution is -0.112. The predicted molar refractivity (Wildman–Crippen MR) is 94.9 cm³/mol. The Balaban J connectivity index is 1.91. The van der Waals surface area contributed by atoms with Crippen LogP contribution >= 0.6 is 0 Å². The largest absolute Gasteiger partial charge is 0.507 e. The average molecular weight is 383 g/mol. The third kappa shape index (κ3) is 3.73. The highest BCUT2D eigenvalue weighted by Crippen LogP contribution is 2.33. The van der Waals surface area contributed by atoms with Gasteiger partial charge < -0.3 is 10.4 Å². The van der Waals surface area contributed by atoms with Crippen molar-refractivity contribution in [3.63, 3.8) is 0 Å². The first kappa shape index (κ1) is 18.8. The summed E-state index contributed by atoms with van der Waals surface area (Å²) in [5, 5.41) is 13.6. The molecule has 0 fully saturated rings. The Labute approximate surface area is 151 Å². The minimum atomic E-state index is -4.18. The number of benzene rings is 1. The number of aryl methyl sites for hydroxylation is 1. The topological polar surface area (TPSA) is 108 Å². The molecule has 1 aromatic rings. The Morgan fingerprint density at radius 1 is 1.46 bits per heavy atom. The van der Waals surface area contributed by atoms with Crippen LogP contribution in [0.5, 0.6) is 5.75 Å². The molecule has 1 heterocycles. The molecule has 3 N–H and O–H groups in total. The zero-order chi connectivity index (χ0) is 19.1. The van der Waals surface area contributed by atoms with E-state index in [2.05, 4.69) is 23.6 Å². The summed E-state index contributed by atoms with van der Waals surface area (Å²) in [6.07, 6.45) is 2.84. The van der Waals surface area contributed by atoms with Crippen LogP contribution in [0.4, 0.5) is 4.39 Å². The van der Waals surface area contributed by atoms with E-state index in [1.807, 2.05) is 0 Å². The van der Waals surface area contributed by atoms with Crippen LogP contribution in [0.1, 0.15) is 43.4 Å². The van der Waals surface area contributed by atoms with Crippen molar-refractivity contribution in [3.05, 3.63) is 28.6 Å². The third-order valence-corrected chi connectivity index (χ3v) is 5.56. The fraction of sp³-hybridized carbons (Fsp3) is 0.529. The van der Waals surface area contributed by atoms with Gasteiger partial charge in [-0.2, -0.15) is 8.42 Å². The summed E-state index contributed by atoms with van der Waals surface area (Å²) >= 11 is 0. The van der Waals surface area contributed by atoms with Gasteiger partial charge in [-0.15, -0.1) is 4.40 Å². The molecule has 0 saturated heterocycles. The van der Waals surface area contributed by atoms with Crippen LogP contribution in [0.25, 0.3) is 0 Å². The first-order chi connectivity index (χ1) is 12.2. The van der Waals surface area contributed by atoms with Crippen LogP contribution in [0.15, 0.2) is 10.5 Å². The zero-order valence-electron chi connectivity index (χ0n) is 14.7. The van der Waals surface area contributed by atoms with Gasteiger partial charge in [0.1, 0.15) is 11.6 Å². The van der Waals surface area contributed by atoms with Crippen LogP contribution in [0, 0.1) is 11.7 Å². The number of carbonyl (C=O) groups excluding carboxylic acids is 1. The van der Waals surface area contributed by atoms with Crippen molar-refractivity contribution >= 4 is 21.8 Å². The molecule has 9 heteroatoms. The number of hydrogen-bond donors (Lipinski definition) is 3. The zero-order valence-corrected chi connectivity index (χ0v) is 15.5. The first-order valence-corrected chi connectivity index (χ1v) is 10.1. The van der Waals surface area contributed by atoms with Crippen LogP contribution < -0.4 is 10.0 Å². The molecule has 0 saturated carbocycles. The molecule has 0 aromatic heterocycles. The van der Waals surface area contributed by atoms with E-state index in [-0.39, 0.29) is 6.04 Å². The van der Waals surface area contributed by atoms with E-state index in [1.54, 1.807) is 4.72 Å². The summed E-state index contributed by atoms with van der Waals surface area (Å²) < 4.78 is 42.8. The minimum Gasteiger partial charge on any atom is -0.507 e. The maximum atomic E-state index is 15.1. The van der Waals surface area contributed by atoms with E-state index in [9.17, 15) is 18.3 Å². The van der Waals surface area contributed by atoms with Crippen molar-refractivity contribution in [2.75, 3.05) is 6.54 Å². The van der Waals surface area contributed by atoms with Gasteiger partial charge in [0.05, 0.1) is 5.56 Å². The van der Waals surface area contributed by atoms with Gasteiger partial charge >= 0.3 is 10.2 Å². The normalized spacial score (nSPS) is 21.5. The number of nitrogens with one attached hydrogen (secondary N) is 2. The second-order valence-corrected chi connectivity index (χ2v) is 8.48. The summed E-state index contributed by atoms with van der Waals surface area (Å²) in [7, 11) is -4.18. The smallest absolute Gasteiger partial charge is 0.345 e. The molecule has 0 spiro atoms. The molecule has 0 radical (unpaired) electrons. The van der Waals surface area contributed by atoms with Gasteiger partial charge in [-0.1, -0.05) is 13.8 Å². The lowest BCUT2D eigenvalue weighted by Gasteiger charge is -2.27. The Morgan fingerprint density at radius 2 is 2.19 bits per heavy atom. The minimum absolute atomic E-state index is 0.0937. The van der Waals surface area contributed by atoms with E-state index in [1.165, 1.54) is 6.07 Å². The first-order valence-electron chi connectivity index (χ1n) is 8.62. The molecule has 0 unspecified atom stereocenters. The Morgan fingerprint density at radius 3 is 2.81 bits per heavy atom. The molecule has 7 nitrogen and oxygen atoms in total. The molecule has 3 rings (SSSR count). The molecule has 1 aliphatic heterocycles. The van der Waals surface area contributed by atoms with Gasteiger partial charge in [0, 0.05) is 6.04 Å². The Hall–Kier alpha value is -2.00. The van der Waals surface area contributed by atoms with E-state index < -0.39 is 39.0 Å². The number of fused-ring (bicyclic) bond motifs is 1. The third-order valence-electron chi connectivity index (χ3n) is 4.69. The number of hydrogen-bond acceptors (Lipinski definition) is 5. The molecular weight excluding hydrogens is 361 g/mol. The number of phenolic OH excluding ortho intramolecular Hbond substituents is 1. The lowest BCUT2D eigenvalue weighted by atomic mass is 9.85. The second-order valence-electron chi connectivity index (χ2n) is 7.14. The van der Waals surface area contributed by atoms with Crippen LogP contribution in [0.3, 0.4) is 0 Å². The van der Waals surface area contributed by atoms with Crippen LogP contribution in [-0.4, -0.2) is 37.7 Å². The number of halogens is 1. The molecule has 1 atom stereocenters. The number of amides is 1. The van der Waals surface area contributed by atoms with Crippen molar-refractivity contribution in [2.24, 2.45) is 10.3 Å². The van der Waals surface area contributed by atoms with Gasteiger partial charge in [-0.3, -0.25) is 4.79 Å². The van der Waals surface area contributed by atoms with Crippen molar-refractivity contribution in [2.45, 2.75) is 45.6 Å². The van der Waals surface area contributed by atoms with E-state index >= 15 is 4.39 Å². The van der Waals surface area contributed by atoms with Crippen molar-refractivity contribution < 1.29 is 22.7 Å². The number of phenols is 1.